The van der Waals surface area contributed by atoms with Crippen LogP contribution in [0.15, 0.2) is 30.0 Å². The number of alkyl halides is 2. The highest BCUT2D eigenvalue weighted by Crippen LogP contribution is 2.25. The fraction of sp³-hybridized carbons (Fsp3) is 0.308. The van der Waals surface area contributed by atoms with Crippen LogP contribution in [0.25, 0.3) is 6.08 Å². The van der Waals surface area contributed by atoms with E-state index in [2.05, 4.69) is 0 Å². The molecule has 0 aliphatic carbocycles. The van der Waals surface area contributed by atoms with E-state index in [-0.39, 0.29) is 17.9 Å². The minimum absolute atomic E-state index is 0.0277. The van der Waals surface area contributed by atoms with Crippen molar-refractivity contribution >= 4 is 35.2 Å². The molecule has 0 bridgehead atoms. The molecule has 1 N–H and O–H groups in total. The first-order valence-corrected chi connectivity index (χ1v) is 6.86. The Labute approximate surface area is 131 Å². The van der Waals surface area contributed by atoms with E-state index in [1.165, 1.54) is 18.2 Å². The van der Waals surface area contributed by atoms with Gasteiger partial charge in [-0.15, -0.1) is 11.6 Å². The third kappa shape index (κ3) is 4.61. The second-order valence-electron chi connectivity index (χ2n) is 4.09. The quantitative estimate of drug-likeness (QED) is 0.469. The number of hydrogen-bond acceptors (Lipinski definition) is 4. The Morgan fingerprint density at radius 2 is 2.24 bits per heavy atom. The first-order chi connectivity index (χ1) is 9.82. The number of aliphatic carboxylic acids is 1. The lowest BCUT2D eigenvalue weighted by Gasteiger charge is -2.21. The van der Waals surface area contributed by atoms with Crippen LogP contribution in [0.4, 0.5) is 0 Å². The number of nitrogens with zero attached hydrogens (tertiary/aromatic N) is 1. The van der Waals surface area contributed by atoms with Crippen molar-refractivity contribution in [2.24, 2.45) is 0 Å². The third-order valence-corrected chi connectivity index (χ3v) is 3.44. The van der Waals surface area contributed by atoms with E-state index in [0.717, 1.165) is 0 Å². The minimum Gasteiger partial charge on any atom is -0.477 e. The zero-order valence-corrected chi connectivity index (χ0v) is 12.6. The van der Waals surface area contributed by atoms with Crippen molar-refractivity contribution in [1.82, 2.24) is 0 Å². The number of benzene rings is 1. The van der Waals surface area contributed by atoms with Crippen LogP contribution in [0.2, 0.25) is 0 Å². The van der Waals surface area contributed by atoms with E-state index in [9.17, 15) is 14.9 Å². The van der Waals surface area contributed by atoms with E-state index in [0.29, 0.717) is 5.56 Å². The summed E-state index contributed by atoms with van der Waals surface area (Å²) in [4.78, 5) is 21.3. The first-order valence-electron chi connectivity index (χ1n) is 5.94. The number of carboxylic acid groups (broad SMARTS) is 1. The Balaban J connectivity index is 3.06. The van der Waals surface area contributed by atoms with Crippen LogP contribution in [0.5, 0.6) is 5.75 Å². The summed E-state index contributed by atoms with van der Waals surface area (Å²) in [6.45, 7) is 1.66. The summed E-state index contributed by atoms with van der Waals surface area (Å²) in [6.07, 6.45) is 1.64. The highest BCUT2D eigenvalue weighted by molar-refractivity contribution is 6.37. The van der Waals surface area contributed by atoms with E-state index >= 15 is 0 Å². The van der Waals surface area contributed by atoms with Gasteiger partial charge in [0.25, 0.3) is 5.06 Å². The lowest BCUT2D eigenvalue weighted by atomic mass is 10.1. The molecular weight excluding hydrogens is 321 g/mol. The Morgan fingerprint density at radius 3 is 2.71 bits per heavy atom. The molecule has 1 rings (SSSR count). The summed E-state index contributed by atoms with van der Waals surface area (Å²) in [7, 11) is 0. The molecule has 1 aromatic rings. The zero-order chi connectivity index (χ0) is 16.0. The van der Waals surface area contributed by atoms with Gasteiger partial charge in [0.15, 0.2) is 0 Å². The summed E-state index contributed by atoms with van der Waals surface area (Å²) >= 11 is 11.3. The SMILES string of the molecule is CCC(=Cc1cccc(OC(Cl)(CCl)C(=O)O)c1)[N+](=O)[O-]. The molecule has 8 heteroatoms. The number of carbonyl (C=O) groups is 1. The van der Waals surface area contributed by atoms with Crippen LogP contribution in [0, 0.1) is 10.1 Å². The van der Waals surface area contributed by atoms with E-state index < -0.39 is 21.8 Å². The van der Waals surface area contributed by atoms with E-state index in [1.54, 1.807) is 19.1 Å². The predicted octanol–water partition coefficient (Wildman–Crippen LogP) is 3.35. The molecule has 0 fully saturated rings. The number of hydrogen-bond donors (Lipinski definition) is 1. The van der Waals surface area contributed by atoms with Crippen molar-refractivity contribution < 1.29 is 19.6 Å². The van der Waals surface area contributed by atoms with Crippen LogP contribution >= 0.6 is 23.2 Å². The maximum atomic E-state index is 11.0. The Kier molecular flexibility index (Phi) is 5.99. The number of nitro groups is 1. The summed E-state index contributed by atoms with van der Waals surface area (Å²) in [5, 5.41) is 17.7. The number of rotatable bonds is 7. The molecule has 0 saturated carbocycles. The first kappa shape index (κ1) is 17.3. The zero-order valence-electron chi connectivity index (χ0n) is 11.1. The molecule has 0 aliphatic heterocycles. The van der Waals surface area contributed by atoms with Gasteiger partial charge in [-0.3, -0.25) is 10.1 Å². The molecule has 0 spiro atoms. The van der Waals surface area contributed by atoms with Crippen molar-refractivity contribution in [2.75, 3.05) is 5.88 Å². The normalized spacial score (nSPS) is 14.3. The van der Waals surface area contributed by atoms with Crippen LogP contribution in [-0.4, -0.2) is 26.9 Å². The van der Waals surface area contributed by atoms with Gasteiger partial charge < -0.3 is 9.84 Å². The predicted molar refractivity (Wildman–Crippen MR) is 79.3 cm³/mol. The largest absolute Gasteiger partial charge is 0.477 e. The summed E-state index contributed by atoms with van der Waals surface area (Å²) in [5.41, 5.74) is 0.528. The van der Waals surface area contributed by atoms with E-state index in [4.69, 9.17) is 33.0 Å². The molecular formula is C13H13Cl2NO5. The molecule has 0 heterocycles. The van der Waals surface area contributed by atoms with Crippen molar-refractivity contribution in [3.05, 3.63) is 45.6 Å². The summed E-state index contributed by atoms with van der Waals surface area (Å²) in [5.74, 6) is -1.72. The monoisotopic (exact) mass is 333 g/mol. The van der Waals surface area contributed by atoms with Crippen LogP contribution in [0.3, 0.4) is 0 Å². The van der Waals surface area contributed by atoms with Gasteiger partial charge in [0, 0.05) is 12.5 Å². The Hall–Kier alpha value is -1.79. The van der Waals surface area contributed by atoms with Crippen LogP contribution in [0.1, 0.15) is 18.9 Å². The maximum absolute atomic E-state index is 11.0. The number of halogens is 2. The van der Waals surface area contributed by atoms with Gasteiger partial charge in [-0.05, 0) is 17.7 Å². The summed E-state index contributed by atoms with van der Waals surface area (Å²) in [6, 6.07) is 6.14. The lowest BCUT2D eigenvalue weighted by Crippen LogP contribution is -2.40. The molecule has 0 radical (unpaired) electrons. The smallest absolute Gasteiger partial charge is 0.365 e. The summed E-state index contributed by atoms with van der Waals surface area (Å²) < 4.78 is 5.16. The third-order valence-electron chi connectivity index (χ3n) is 2.56. The fourth-order valence-corrected chi connectivity index (χ4v) is 1.72. The van der Waals surface area contributed by atoms with Crippen molar-refractivity contribution in [2.45, 2.75) is 18.4 Å². The molecule has 21 heavy (non-hydrogen) atoms. The standard InChI is InChI=1S/C13H13Cl2NO5/c1-2-10(16(19)20)6-9-4-3-5-11(7-9)21-13(15,8-14)12(17)18/h3-7H,2,8H2,1H3,(H,17,18). The van der Waals surface area contributed by atoms with Gasteiger partial charge in [-0.1, -0.05) is 30.7 Å². The number of carboxylic acids is 1. The molecule has 0 saturated heterocycles. The topological polar surface area (TPSA) is 89.7 Å². The van der Waals surface area contributed by atoms with Crippen molar-refractivity contribution in [1.29, 1.82) is 0 Å². The molecule has 0 aromatic heterocycles. The van der Waals surface area contributed by atoms with Gasteiger partial charge in [0.2, 0.25) is 5.70 Å². The van der Waals surface area contributed by atoms with Gasteiger partial charge in [0.05, 0.1) is 10.8 Å². The highest BCUT2D eigenvalue weighted by atomic mass is 35.5. The van der Waals surface area contributed by atoms with E-state index in [1.807, 2.05) is 0 Å². The lowest BCUT2D eigenvalue weighted by molar-refractivity contribution is -0.425. The minimum atomic E-state index is -2.08. The van der Waals surface area contributed by atoms with Gasteiger partial charge in [-0.25, -0.2) is 4.79 Å². The number of ether oxygens (including phenoxy) is 1. The Morgan fingerprint density at radius 1 is 1.57 bits per heavy atom. The average Bonchev–Trinajstić information content (AvgIpc) is 2.44. The molecule has 114 valence electrons. The molecule has 1 aromatic carbocycles. The van der Waals surface area contributed by atoms with Crippen molar-refractivity contribution in [3.8, 4) is 5.75 Å². The molecule has 0 aliphatic rings. The fourth-order valence-electron chi connectivity index (χ4n) is 1.46. The number of allylic oxidation sites excluding steroid dienone is 1. The maximum Gasteiger partial charge on any atom is 0.365 e. The second kappa shape index (κ2) is 7.28. The molecule has 1 unspecified atom stereocenters. The second-order valence-corrected chi connectivity index (χ2v) is 4.97. The highest BCUT2D eigenvalue weighted by Gasteiger charge is 2.38. The van der Waals surface area contributed by atoms with Crippen LogP contribution < -0.4 is 4.74 Å². The van der Waals surface area contributed by atoms with Crippen LogP contribution in [-0.2, 0) is 4.79 Å². The van der Waals surface area contributed by atoms with Gasteiger partial charge >= 0.3 is 5.97 Å². The molecule has 0 amide bonds. The van der Waals surface area contributed by atoms with Gasteiger partial charge in [-0.2, -0.15) is 0 Å². The van der Waals surface area contributed by atoms with Crippen molar-refractivity contribution in [3.63, 3.8) is 0 Å². The molecule has 1 atom stereocenters. The average molecular weight is 334 g/mol. The Bertz CT molecular complexity index is 575. The van der Waals surface area contributed by atoms with Gasteiger partial charge in [0.1, 0.15) is 5.75 Å². The molecule has 6 nitrogen and oxygen atoms in total.